The van der Waals surface area contributed by atoms with E-state index in [-0.39, 0.29) is 0 Å². The third-order valence-electron chi connectivity index (χ3n) is 3.40. The van der Waals surface area contributed by atoms with Crippen molar-refractivity contribution in [3.05, 3.63) is 0 Å². The number of piperazine rings is 1. The highest BCUT2D eigenvalue weighted by Gasteiger charge is 2.17. The van der Waals surface area contributed by atoms with E-state index in [9.17, 15) is 0 Å². The van der Waals surface area contributed by atoms with E-state index < -0.39 is 0 Å². The van der Waals surface area contributed by atoms with Crippen molar-refractivity contribution in [3.8, 4) is 0 Å². The molecule has 0 aromatic heterocycles. The standard InChI is InChI=1S/C13H29N3/c1-11(2)5-6-12(3)15-13(4)16-9-7-14-8-10-16/h11-15H,5-10H2,1-4H3. The van der Waals surface area contributed by atoms with Crippen LogP contribution in [0.15, 0.2) is 0 Å². The van der Waals surface area contributed by atoms with Gasteiger partial charge in [-0.2, -0.15) is 0 Å². The molecule has 2 N–H and O–H groups in total. The van der Waals surface area contributed by atoms with Crippen LogP contribution < -0.4 is 10.6 Å². The van der Waals surface area contributed by atoms with Crippen LogP contribution in [0, 0.1) is 5.92 Å². The highest BCUT2D eigenvalue weighted by Crippen LogP contribution is 2.08. The van der Waals surface area contributed by atoms with Gasteiger partial charge in [0.1, 0.15) is 0 Å². The van der Waals surface area contributed by atoms with Gasteiger partial charge in [-0.25, -0.2) is 0 Å². The van der Waals surface area contributed by atoms with E-state index >= 15 is 0 Å². The molecule has 1 fully saturated rings. The smallest absolute Gasteiger partial charge is 0.0570 e. The number of nitrogens with one attached hydrogen (secondary N) is 2. The van der Waals surface area contributed by atoms with Crippen LogP contribution in [0.5, 0.6) is 0 Å². The summed E-state index contributed by atoms with van der Waals surface area (Å²) in [6.07, 6.45) is 3.13. The minimum atomic E-state index is 0.518. The molecule has 3 nitrogen and oxygen atoms in total. The maximum Gasteiger partial charge on any atom is 0.0570 e. The SMILES string of the molecule is CC(C)CCC(C)NC(C)N1CCNCC1. The number of hydrogen-bond acceptors (Lipinski definition) is 3. The second-order valence-electron chi connectivity index (χ2n) is 5.50. The molecule has 0 aromatic rings. The van der Waals surface area contributed by atoms with Gasteiger partial charge in [-0.1, -0.05) is 13.8 Å². The van der Waals surface area contributed by atoms with Crippen LogP contribution >= 0.6 is 0 Å². The fourth-order valence-electron chi connectivity index (χ4n) is 2.25. The van der Waals surface area contributed by atoms with Crippen LogP contribution in [0.25, 0.3) is 0 Å². The zero-order chi connectivity index (χ0) is 12.0. The predicted molar refractivity (Wildman–Crippen MR) is 70.6 cm³/mol. The predicted octanol–water partition coefficient (Wildman–Crippen LogP) is 1.65. The summed E-state index contributed by atoms with van der Waals surface area (Å²) in [6.45, 7) is 13.8. The van der Waals surface area contributed by atoms with Crippen molar-refractivity contribution in [3.63, 3.8) is 0 Å². The summed E-state index contributed by atoms with van der Waals surface area (Å²) < 4.78 is 0. The molecular formula is C13H29N3. The topological polar surface area (TPSA) is 27.3 Å². The average molecular weight is 227 g/mol. The summed E-state index contributed by atoms with van der Waals surface area (Å²) in [5.41, 5.74) is 0. The molecule has 0 aliphatic carbocycles. The monoisotopic (exact) mass is 227 g/mol. The molecule has 0 spiro atoms. The van der Waals surface area contributed by atoms with Gasteiger partial charge in [0.25, 0.3) is 0 Å². The quantitative estimate of drug-likeness (QED) is 0.722. The molecule has 1 aliphatic rings. The first-order valence-corrected chi connectivity index (χ1v) is 6.80. The minimum Gasteiger partial charge on any atom is -0.314 e. The van der Waals surface area contributed by atoms with Crippen molar-refractivity contribution < 1.29 is 0 Å². The Morgan fingerprint density at radius 2 is 1.69 bits per heavy atom. The summed E-state index contributed by atoms with van der Waals surface area (Å²) in [5, 5.41) is 7.10. The van der Waals surface area contributed by atoms with Crippen molar-refractivity contribution in [1.29, 1.82) is 0 Å². The first kappa shape index (κ1) is 13.9. The van der Waals surface area contributed by atoms with Gasteiger partial charge in [0.2, 0.25) is 0 Å². The fraction of sp³-hybridized carbons (Fsp3) is 1.00. The Kier molecular flexibility index (Phi) is 6.32. The van der Waals surface area contributed by atoms with Gasteiger partial charge in [-0.3, -0.25) is 10.2 Å². The molecule has 96 valence electrons. The van der Waals surface area contributed by atoms with E-state index in [1.165, 1.54) is 25.9 Å². The zero-order valence-corrected chi connectivity index (χ0v) is 11.4. The van der Waals surface area contributed by atoms with E-state index in [0.717, 1.165) is 19.0 Å². The lowest BCUT2D eigenvalue weighted by molar-refractivity contribution is 0.146. The lowest BCUT2D eigenvalue weighted by atomic mass is 10.0. The highest BCUT2D eigenvalue weighted by atomic mass is 15.3. The number of rotatable bonds is 6. The van der Waals surface area contributed by atoms with Crippen LogP contribution in [0.3, 0.4) is 0 Å². The fourth-order valence-corrected chi connectivity index (χ4v) is 2.25. The van der Waals surface area contributed by atoms with Crippen LogP contribution in [0.1, 0.15) is 40.5 Å². The van der Waals surface area contributed by atoms with Crippen LogP contribution in [0.4, 0.5) is 0 Å². The molecule has 2 atom stereocenters. The van der Waals surface area contributed by atoms with E-state index in [1.807, 2.05) is 0 Å². The molecule has 0 amide bonds. The molecule has 1 saturated heterocycles. The number of nitrogens with zero attached hydrogens (tertiary/aromatic N) is 1. The molecule has 0 aromatic carbocycles. The van der Waals surface area contributed by atoms with Gasteiger partial charge in [0, 0.05) is 32.2 Å². The Labute approximate surface area is 101 Å². The lowest BCUT2D eigenvalue weighted by Crippen LogP contribution is -2.54. The third kappa shape index (κ3) is 5.28. The zero-order valence-electron chi connectivity index (χ0n) is 11.4. The van der Waals surface area contributed by atoms with Gasteiger partial charge in [-0.15, -0.1) is 0 Å². The molecule has 3 heteroatoms. The second-order valence-corrected chi connectivity index (χ2v) is 5.50. The Balaban J connectivity index is 2.18. The Hall–Kier alpha value is -0.120. The average Bonchev–Trinajstić information content (AvgIpc) is 2.27. The Morgan fingerprint density at radius 1 is 1.06 bits per heavy atom. The van der Waals surface area contributed by atoms with Crippen molar-refractivity contribution in [2.45, 2.75) is 52.7 Å². The van der Waals surface area contributed by atoms with Crippen molar-refractivity contribution in [2.24, 2.45) is 5.92 Å². The van der Waals surface area contributed by atoms with E-state index in [2.05, 4.69) is 43.2 Å². The largest absolute Gasteiger partial charge is 0.314 e. The third-order valence-corrected chi connectivity index (χ3v) is 3.40. The molecule has 1 aliphatic heterocycles. The Morgan fingerprint density at radius 3 is 2.25 bits per heavy atom. The summed E-state index contributed by atoms with van der Waals surface area (Å²) in [4.78, 5) is 2.53. The molecule has 1 rings (SSSR count). The summed E-state index contributed by atoms with van der Waals surface area (Å²) in [7, 11) is 0. The van der Waals surface area contributed by atoms with Gasteiger partial charge >= 0.3 is 0 Å². The van der Waals surface area contributed by atoms with Crippen molar-refractivity contribution in [1.82, 2.24) is 15.5 Å². The van der Waals surface area contributed by atoms with Gasteiger partial charge in [-0.05, 0) is 32.6 Å². The van der Waals surface area contributed by atoms with Crippen LogP contribution in [-0.4, -0.2) is 43.3 Å². The summed E-state index contributed by atoms with van der Waals surface area (Å²) in [5.74, 6) is 0.818. The molecule has 1 heterocycles. The molecule has 2 unspecified atom stereocenters. The first-order valence-electron chi connectivity index (χ1n) is 6.80. The summed E-state index contributed by atoms with van der Waals surface area (Å²) >= 11 is 0. The molecule has 16 heavy (non-hydrogen) atoms. The maximum absolute atomic E-state index is 3.70. The van der Waals surface area contributed by atoms with Gasteiger partial charge in [0.15, 0.2) is 0 Å². The van der Waals surface area contributed by atoms with E-state index in [0.29, 0.717) is 12.2 Å². The molecule has 0 bridgehead atoms. The molecular weight excluding hydrogens is 198 g/mol. The van der Waals surface area contributed by atoms with Crippen molar-refractivity contribution >= 4 is 0 Å². The highest BCUT2D eigenvalue weighted by molar-refractivity contribution is 4.74. The Bertz CT molecular complexity index is 176. The van der Waals surface area contributed by atoms with Crippen LogP contribution in [0.2, 0.25) is 0 Å². The van der Waals surface area contributed by atoms with Gasteiger partial charge < -0.3 is 5.32 Å². The lowest BCUT2D eigenvalue weighted by Gasteiger charge is -2.35. The van der Waals surface area contributed by atoms with Gasteiger partial charge in [0.05, 0.1) is 6.17 Å². The minimum absolute atomic E-state index is 0.518. The first-order chi connectivity index (χ1) is 7.59. The molecule has 0 radical (unpaired) electrons. The van der Waals surface area contributed by atoms with Crippen molar-refractivity contribution in [2.75, 3.05) is 26.2 Å². The second kappa shape index (κ2) is 7.25. The normalized spacial score (nSPS) is 22.3. The molecule has 0 saturated carbocycles. The maximum atomic E-state index is 3.70. The van der Waals surface area contributed by atoms with E-state index in [1.54, 1.807) is 0 Å². The summed E-state index contributed by atoms with van der Waals surface area (Å²) in [6, 6.07) is 0.632. The van der Waals surface area contributed by atoms with Crippen LogP contribution in [-0.2, 0) is 0 Å². The number of hydrogen-bond donors (Lipinski definition) is 2. The van der Waals surface area contributed by atoms with E-state index in [4.69, 9.17) is 0 Å².